The van der Waals surface area contributed by atoms with Crippen molar-refractivity contribution in [2.24, 2.45) is 0 Å². The summed E-state index contributed by atoms with van der Waals surface area (Å²) in [4.78, 5) is 15.4. The Bertz CT molecular complexity index is 107. The molecule has 0 radical (unpaired) electrons. The van der Waals surface area contributed by atoms with E-state index in [1.54, 1.807) is 0 Å². The third kappa shape index (κ3) is 40.4. The summed E-state index contributed by atoms with van der Waals surface area (Å²) in [5.41, 5.74) is 0. The number of hydrogen-bond donors (Lipinski definition) is 2. The highest BCUT2D eigenvalue weighted by Gasteiger charge is 2.07. The van der Waals surface area contributed by atoms with Gasteiger partial charge in [0.1, 0.15) is 0 Å². The van der Waals surface area contributed by atoms with Crippen LogP contribution in [0, 0.1) is 0 Å². The van der Waals surface area contributed by atoms with E-state index in [9.17, 15) is 4.57 Å². The van der Waals surface area contributed by atoms with Crippen molar-refractivity contribution in [2.45, 2.75) is 19.6 Å². The van der Waals surface area contributed by atoms with Gasteiger partial charge in [-0.15, -0.1) is 0 Å². The number of rotatable bonds is 1. The molecule has 0 atom stereocenters. The molecule has 4 nitrogen and oxygen atoms in total. The Morgan fingerprint density at radius 1 is 1.30 bits per heavy atom. The molecule has 0 spiro atoms. The van der Waals surface area contributed by atoms with Crippen LogP contribution in [-0.2, 0) is 9.09 Å². The summed E-state index contributed by atoms with van der Waals surface area (Å²) in [5, 5.41) is 0. The first-order valence-corrected chi connectivity index (χ1v) is 7.90. The van der Waals surface area contributed by atoms with Crippen LogP contribution in [0.3, 0.4) is 0 Å². The summed E-state index contributed by atoms with van der Waals surface area (Å²) in [7, 11) is -3.34. The van der Waals surface area contributed by atoms with Crippen LogP contribution in [-0.4, -0.2) is 25.7 Å². The third-order valence-corrected chi connectivity index (χ3v) is 0.714. The standard InChI is InChI=1S/C3H10Si.CH5O4P/c1-4(2)3;1-5-6(2,3)4/h4H,1-3H3;1H3,(H2,2,3,4). The van der Waals surface area contributed by atoms with E-state index in [-0.39, 0.29) is 8.80 Å². The molecule has 0 aromatic rings. The van der Waals surface area contributed by atoms with Gasteiger partial charge in [0.25, 0.3) is 0 Å². The fourth-order valence-corrected chi connectivity index (χ4v) is 0. The Labute approximate surface area is 63.1 Å². The van der Waals surface area contributed by atoms with Crippen molar-refractivity contribution in [3.8, 4) is 0 Å². The largest absolute Gasteiger partial charge is 0.469 e. The fraction of sp³-hybridized carbons (Fsp3) is 1.00. The highest BCUT2D eigenvalue weighted by molar-refractivity contribution is 7.46. The molecule has 10 heavy (non-hydrogen) atoms. The Morgan fingerprint density at radius 2 is 1.40 bits per heavy atom. The topological polar surface area (TPSA) is 66.8 Å². The second-order valence-corrected chi connectivity index (χ2v) is 7.22. The van der Waals surface area contributed by atoms with Crippen molar-refractivity contribution in [1.82, 2.24) is 0 Å². The van der Waals surface area contributed by atoms with E-state index in [1.165, 1.54) is 0 Å². The van der Waals surface area contributed by atoms with Crippen LogP contribution in [0.25, 0.3) is 0 Å². The van der Waals surface area contributed by atoms with E-state index >= 15 is 0 Å². The first kappa shape index (κ1) is 13.0. The Morgan fingerprint density at radius 3 is 1.40 bits per heavy atom. The first-order valence-electron chi connectivity index (χ1n) is 2.91. The summed E-state index contributed by atoms with van der Waals surface area (Å²) in [5.74, 6) is 0. The van der Waals surface area contributed by atoms with E-state index < -0.39 is 7.82 Å². The van der Waals surface area contributed by atoms with Gasteiger partial charge in [-0.25, -0.2) is 4.57 Å². The minimum atomic E-state index is -4.15. The maximum Gasteiger partial charge on any atom is 0.469 e. The van der Waals surface area contributed by atoms with Crippen molar-refractivity contribution in [2.75, 3.05) is 7.11 Å². The SMILES string of the molecule is COP(=O)(O)O.C[SiH](C)C. The van der Waals surface area contributed by atoms with Crippen LogP contribution in [0.1, 0.15) is 0 Å². The highest BCUT2D eigenvalue weighted by Crippen LogP contribution is 2.33. The normalized spacial score (nSPS) is 10.7. The van der Waals surface area contributed by atoms with Gasteiger partial charge in [-0.3, -0.25) is 4.52 Å². The minimum absolute atomic E-state index is 0.139. The van der Waals surface area contributed by atoms with E-state index in [0.29, 0.717) is 0 Å². The Hall–Kier alpha value is 0.327. The van der Waals surface area contributed by atoms with Crippen molar-refractivity contribution in [3.63, 3.8) is 0 Å². The maximum absolute atomic E-state index is 9.47. The zero-order valence-corrected chi connectivity index (χ0v) is 8.78. The van der Waals surface area contributed by atoms with Crippen molar-refractivity contribution in [3.05, 3.63) is 0 Å². The molecule has 0 amide bonds. The molecular weight excluding hydrogens is 171 g/mol. The molecule has 2 N–H and O–H groups in total. The summed E-state index contributed by atoms with van der Waals surface area (Å²) in [6, 6.07) is 0. The van der Waals surface area contributed by atoms with Gasteiger partial charge in [0.15, 0.2) is 0 Å². The molecule has 0 aromatic heterocycles. The summed E-state index contributed by atoms with van der Waals surface area (Å²) in [6.45, 7) is 6.92. The fourth-order valence-electron chi connectivity index (χ4n) is 0. The number of phosphoric acid groups is 1. The molecule has 0 saturated carbocycles. The highest BCUT2D eigenvalue weighted by atomic mass is 31.2. The lowest BCUT2D eigenvalue weighted by atomic mass is 11.8. The summed E-state index contributed by atoms with van der Waals surface area (Å²) < 4.78 is 13.1. The van der Waals surface area contributed by atoms with Crippen LogP contribution in [0.4, 0.5) is 0 Å². The Kier molecular flexibility index (Phi) is 7.86. The lowest BCUT2D eigenvalue weighted by molar-refractivity contribution is 0.235. The van der Waals surface area contributed by atoms with Crippen molar-refractivity contribution < 1.29 is 18.9 Å². The molecule has 0 rings (SSSR count). The molecule has 0 aliphatic heterocycles. The van der Waals surface area contributed by atoms with Crippen LogP contribution in [0.5, 0.6) is 0 Å². The molecule has 0 heterocycles. The van der Waals surface area contributed by atoms with Gasteiger partial charge < -0.3 is 9.79 Å². The molecule has 64 valence electrons. The quantitative estimate of drug-likeness (QED) is 0.470. The van der Waals surface area contributed by atoms with E-state index in [2.05, 4.69) is 24.2 Å². The van der Waals surface area contributed by atoms with E-state index in [4.69, 9.17) is 9.79 Å². The van der Waals surface area contributed by atoms with Gasteiger partial charge in [0.05, 0.1) is 0 Å². The third-order valence-electron chi connectivity index (χ3n) is 0.238. The lowest BCUT2D eigenvalue weighted by Gasteiger charge is -1.93. The van der Waals surface area contributed by atoms with Crippen LogP contribution in [0.2, 0.25) is 19.6 Å². The van der Waals surface area contributed by atoms with Gasteiger partial charge in [0.2, 0.25) is 0 Å². The monoisotopic (exact) mass is 186 g/mol. The number of phosphoric ester groups is 1. The van der Waals surface area contributed by atoms with Crippen LogP contribution < -0.4 is 0 Å². The molecule has 0 saturated heterocycles. The van der Waals surface area contributed by atoms with Gasteiger partial charge in [-0.05, 0) is 0 Å². The van der Waals surface area contributed by atoms with Crippen LogP contribution >= 0.6 is 7.82 Å². The van der Waals surface area contributed by atoms with Gasteiger partial charge >= 0.3 is 7.82 Å². The van der Waals surface area contributed by atoms with Crippen molar-refractivity contribution in [1.29, 1.82) is 0 Å². The summed E-state index contributed by atoms with van der Waals surface area (Å²) >= 11 is 0. The molecule has 6 heteroatoms. The Balaban J connectivity index is 0. The van der Waals surface area contributed by atoms with Crippen LogP contribution in [0.15, 0.2) is 0 Å². The second kappa shape index (κ2) is 6.06. The molecule has 0 fully saturated rings. The lowest BCUT2D eigenvalue weighted by Crippen LogP contribution is -1.84. The molecule has 0 aromatic carbocycles. The minimum Gasteiger partial charge on any atom is -0.303 e. The van der Waals surface area contributed by atoms with Gasteiger partial charge in [-0.1, -0.05) is 19.6 Å². The van der Waals surface area contributed by atoms with Crippen molar-refractivity contribution >= 4 is 16.6 Å². The zero-order valence-electron chi connectivity index (χ0n) is 6.74. The first-order chi connectivity index (χ1) is 4.29. The smallest absolute Gasteiger partial charge is 0.303 e. The van der Waals surface area contributed by atoms with E-state index in [0.717, 1.165) is 7.11 Å². The van der Waals surface area contributed by atoms with E-state index in [1.807, 2.05) is 0 Å². The second-order valence-electron chi connectivity index (χ2n) is 2.41. The molecule has 0 aliphatic rings. The average molecular weight is 186 g/mol. The maximum atomic E-state index is 9.47. The predicted molar refractivity (Wildman–Crippen MR) is 43.8 cm³/mol. The molecule has 0 aliphatic carbocycles. The van der Waals surface area contributed by atoms with Gasteiger partial charge in [0, 0.05) is 15.9 Å². The molecule has 0 bridgehead atoms. The number of hydrogen-bond acceptors (Lipinski definition) is 2. The summed E-state index contributed by atoms with van der Waals surface area (Å²) in [6.07, 6.45) is 0. The average Bonchev–Trinajstić information content (AvgIpc) is 1.63. The molecular formula is C4H15O4PSi. The molecule has 0 unspecified atom stereocenters. The zero-order chi connectivity index (χ0) is 8.78. The predicted octanol–water partition coefficient (Wildman–Crippen LogP) is 0.828. The van der Waals surface area contributed by atoms with Gasteiger partial charge in [-0.2, -0.15) is 0 Å².